The summed E-state index contributed by atoms with van der Waals surface area (Å²) in [6.07, 6.45) is 1.74. The van der Waals surface area contributed by atoms with Crippen LogP contribution in [0.4, 0.5) is 0 Å². The van der Waals surface area contributed by atoms with Gasteiger partial charge in [0.25, 0.3) is 0 Å². The number of hydrogen-bond donors (Lipinski definition) is 1. The molecule has 0 spiro atoms. The first-order chi connectivity index (χ1) is 8.29. The van der Waals surface area contributed by atoms with Gasteiger partial charge >= 0.3 is 0 Å². The van der Waals surface area contributed by atoms with Gasteiger partial charge in [-0.2, -0.15) is 0 Å². The average Bonchev–Trinajstić information content (AvgIpc) is 2.77. The van der Waals surface area contributed by atoms with Gasteiger partial charge in [0.1, 0.15) is 5.15 Å². The van der Waals surface area contributed by atoms with E-state index in [0.717, 1.165) is 16.5 Å². The maximum absolute atomic E-state index is 5.71. The number of nitrogens with zero attached hydrogens (tertiary/aromatic N) is 5. The molecule has 6 nitrogen and oxygen atoms in total. The van der Waals surface area contributed by atoms with Gasteiger partial charge in [-0.15, -0.1) is 5.10 Å². The predicted octanol–water partition coefficient (Wildman–Crippen LogP) is 0.972. The molecule has 0 fully saturated rings. The van der Waals surface area contributed by atoms with Crippen LogP contribution in [0.15, 0.2) is 23.5 Å². The first-order valence-corrected chi connectivity index (χ1v) is 6.35. The van der Waals surface area contributed by atoms with Crippen molar-refractivity contribution < 1.29 is 0 Å². The number of hydrogen-bond acceptors (Lipinski definition) is 6. The summed E-state index contributed by atoms with van der Waals surface area (Å²) in [6.45, 7) is 1.13. The molecule has 0 radical (unpaired) electrons. The van der Waals surface area contributed by atoms with Crippen LogP contribution in [0.25, 0.3) is 0 Å². The minimum Gasteiger partial charge on any atom is -0.329 e. The Bertz CT molecular complexity index is 471. The van der Waals surface area contributed by atoms with Crippen LogP contribution in [-0.4, -0.2) is 31.7 Å². The molecule has 0 aliphatic carbocycles. The fraction of sp³-hybridized carbons (Fsp3) is 0.333. The van der Waals surface area contributed by atoms with Gasteiger partial charge in [0.15, 0.2) is 0 Å². The third-order valence-corrected chi connectivity index (χ3v) is 3.25. The maximum Gasteiger partial charge on any atom is 0.209 e. The number of nitrogens with two attached hydrogens (primary N) is 1. The molecule has 0 atom stereocenters. The summed E-state index contributed by atoms with van der Waals surface area (Å²) in [5, 5.41) is 12.6. The first-order valence-electron chi connectivity index (χ1n) is 4.99. The van der Waals surface area contributed by atoms with Crippen molar-refractivity contribution in [2.75, 3.05) is 6.54 Å². The van der Waals surface area contributed by atoms with Crippen LogP contribution < -0.4 is 5.73 Å². The summed E-state index contributed by atoms with van der Waals surface area (Å²) in [5.41, 5.74) is 6.53. The zero-order valence-electron chi connectivity index (χ0n) is 8.95. The third-order valence-electron chi connectivity index (χ3n) is 2.00. The lowest BCUT2D eigenvalue weighted by Crippen LogP contribution is -2.12. The zero-order valence-corrected chi connectivity index (χ0v) is 10.5. The highest BCUT2D eigenvalue weighted by atomic mass is 35.5. The highest BCUT2D eigenvalue weighted by Gasteiger charge is 2.06. The van der Waals surface area contributed by atoms with Crippen molar-refractivity contribution in [1.82, 2.24) is 25.2 Å². The van der Waals surface area contributed by atoms with Gasteiger partial charge in [-0.3, -0.25) is 0 Å². The fourth-order valence-electron chi connectivity index (χ4n) is 1.20. The van der Waals surface area contributed by atoms with Crippen molar-refractivity contribution in [3.05, 3.63) is 29.0 Å². The van der Waals surface area contributed by atoms with E-state index in [4.69, 9.17) is 17.3 Å². The molecule has 2 aromatic heterocycles. The van der Waals surface area contributed by atoms with Crippen LogP contribution in [0.3, 0.4) is 0 Å². The lowest BCUT2D eigenvalue weighted by molar-refractivity contribution is 0.557. The van der Waals surface area contributed by atoms with Crippen LogP contribution in [0.1, 0.15) is 5.56 Å². The summed E-state index contributed by atoms with van der Waals surface area (Å²) in [5.74, 6) is 0.745. The van der Waals surface area contributed by atoms with E-state index >= 15 is 0 Å². The lowest BCUT2D eigenvalue weighted by atomic mass is 10.3. The quantitative estimate of drug-likeness (QED) is 0.644. The highest BCUT2D eigenvalue weighted by Crippen LogP contribution is 2.19. The number of thioether (sulfide) groups is 1. The van der Waals surface area contributed by atoms with Gasteiger partial charge in [-0.05, 0) is 22.1 Å². The van der Waals surface area contributed by atoms with Gasteiger partial charge in [0.2, 0.25) is 5.16 Å². The van der Waals surface area contributed by atoms with Crippen molar-refractivity contribution in [3.8, 4) is 0 Å². The van der Waals surface area contributed by atoms with Crippen LogP contribution in [-0.2, 0) is 12.3 Å². The van der Waals surface area contributed by atoms with E-state index in [1.54, 1.807) is 28.7 Å². The number of halogens is 1. The molecule has 90 valence electrons. The minimum atomic E-state index is 0.492. The summed E-state index contributed by atoms with van der Waals surface area (Å²) in [4.78, 5) is 4.01. The van der Waals surface area contributed by atoms with E-state index < -0.39 is 0 Å². The molecule has 0 saturated carbocycles. The minimum absolute atomic E-state index is 0.492. The molecule has 2 aromatic rings. The number of rotatable bonds is 5. The van der Waals surface area contributed by atoms with E-state index in [2.05, 4.69) is 20.5 Å². The molecular formula is C9H11ClN6S. The largest absolute Gasteiger partial charge is 0.329 e. The van der Waals surface area contributed by atoms with E-state index in [-0.39, 0.29) is 0 Å². The van der Waals surface area contributed by atoms with Crippen LogP contribution >= 0.6 is 23.4 Å². The highest BCUT2D eigenvalue weighted by molar-refractivity contribution is 7.98. The Labute approximate surface area is 108 Å². The molecule has 17 heavy (non-hydrogen) atoms. The van der Waals surface area contributed by atoms with Crippen molar-refractivity contribution in [3.63, 3.8) is 0 Å². The molecule has 0 aliphatic rings. The Morgan fingerprint density at radius 3 is 3.00 bits per heavy atom. The van der Waals surface area contributed by atoms with Gasteiger partial charge in [0, 0.05) is 18.5 Å². The second kappa shape index (κ2) is 5.95. The van der Waals surface area contributed by atoms with E-state index in [9.17, 15) is 0 Å². The Hall–Kier alpha value is -1.18. The van der Waals surface area contributed by atoms with Crippen molar-refractivity contribution in [2.45, 2.75) is 17.5 Å². The van der Waals surface area contributed by atoms with Crippen molar-refractivity contribution >= 4 is 23.4 Å². The zero-order chi connectivity index (χ0) is 12.1. The summed E-state index contributed by atoms with van der Waals surface area (Å²) in [7, 11) is 0. The fourth-order valence-corrected chi connectivity index (χ4v) is 2.15. The molecule has 8 heteroatoms. The smallest absolute Gasteiger partial charge is 0.209 e. The molecule has 2 rings (SSSR count). The van der Waals surface area contributed by atoms with E-state index in [0.29, 0.717) is 18.2 Å². The standard InChI is InChI=1S/C9H11ClN6S/c10-8-2-1-7(5-12-8)6-17-9-13-14-15-16(9)4-3-11/h1-2,5H,3-4,6,11H2. The first kappa shape index (κ1) is 12.3. The molecule has 0 unspecified atom stereocenters. The topological polar surface area (TPSA) is 82.5 Å². The molecule has 0 saturated heterocycles. The van der Waals surface area contributed by atoms with Crippen LogP contribution in [0.2, 0.25) is 5.15 Å². The molecule has 2 heterocycles. The maximum atomic E-state index is 5.71. The van der Waals surface area contributed by atoms with Gasteiger partial charge in [-0.1, -0.05) is 29.4 Å². The molecule has 0 amide bonds. The van der Waals surface area contributed by atoms with Gasteiger partial charge in [0.05, 0.1) is 6.54 Å². The molecular weight excluding hydrogens is 260 g/mol. The Morgan fingerprint density at radius 2 is 2.29 bits per heavy atom. The number of aromatic nitrogens is 5. The predicted molar refractivity (Wildman–Crippen MR) is 65.7 cm³/mol. The Morgan fingerprint density at radius 1 is 1.41 bits per heavy atom. The van der Waals surface area contributed by atoms with E-state index in [1.807, 2.05) is 6.07 Å². The van der Waals surface area contributed by atoms with Crippen LogP contribution in [0.5, 0.6) is 0 Å². The number of pyridine rings is 1. The average molecular weight is 271 g/mol. The van der Waals surface area contributed by atoms with Gasteiger partial charge in [-0.25, -0.2) is 9.67 Å². The van der Waals surface area contributed by atoms with Crippen molar-refractivity contribution in [2.24, 2.45) is 5.73 Å². The molecule has 0 aliphatic heterocycles. The lowest BCUT2D eigenvalue weighted by Gasteiger charge is -2.02. The van der Waals surface area contributed by atoms with E-state index in [1.165, 1.54) is 0 Å². The third kappa shape index (κ3) is 3.39. The summed E-state index contributed by atoms with van der Waals surface area (Å²) >= 11 is 7.25. The molecule has 0 aromatic carbocycles. The van der Waals surface area contributed by atoms with Gasteiger partial charge < -0.3 is 5.73 Å². The van der Waals surface area contributed by atoms with Crippen molar-refractivity contribution in [1.29, 1.82) is 0 Å². The Kier molecular flexibility index (Phi) is 4.29. The summed E-state index contributed by atoms with van der Waals surface area (Å²) in [6, 6.07) is 3.69. The second-order valence-corrected chi connectivity index (χ2v) is 4.58. The molecule has 2 N–H and O–H groups in total. The normalized spacial score (nSPS) is 10.7. The molecule has 0 bridgehead atoms. The Balaban J connectivity index is 1.97. The number of tetrazole rings is 1. The SMILES string of the molecule is NCCn1nnnc1SCc1ccc(Cl)nc1. The van der Waals surface area contributed by atoms with Crippen LogP contribution in [0, 0.1) is 0 Å². The second-order valence-electron chi connectivity index (χ2n) is 3.25. The monoisotopic (exact) mass is 270 g/mol. The summed E-state index contributed by atoms with van der Waals surface area (Å²) < 4.78 is 1.69.